The second kappa shape index (κ2) is 12.0. The maximum Gasteiger partial charge on any atom is 0.249 e. The minimum Gasteiger partial charge on any atom is -0.339 e. The molecular formula is C31H38N4O4S. The Labute approximate surface area is 240 Å². The van der Waals surface area contributed by atoms with E-state index >= 15 is 0 Å². The van der Waals surface area contributed by atoms with Gasteiger partial charge >= 0.3 is 0 Å². The Balaban J connectivity index is 1.29. The smallest absolute Gasteiger partial charge is 0.249 e. The molecule has 3 fully saturated rings. The lowest BCUT2D eigenvalue weighted by Gasteiger charge is -2.38. The van der Waals surface area contributed by atoms with Crippen molar-refractivity contribution < 1.29 is 19.2 Å². The van der Waals surface area contributed by atoms with Crippen molar-refractivity contribution >= 4 is 35.4 Å². The number of piperazine rings is 1. The highest BCUT2D eigenvalue weighted by Gasteiger charge is 2.53. The van der Waals surface area contributed by atoms with E-state index in [1.807, 2.05) is 74.5 Å². The summed E-state index contributed by atoms with van der Waals surface area (Å²) in [6, 6.07) is 17.4. The molecule has 2 aromatic carbocycles. The van der Waals surface area contributed by atoms with Crippen LogP contribution in [0.2, 0.25) is 0 Å². The fraction of sp³-hybridized carbons (Fsp3) is 0.484. The molecule has 5 rings (SSSR count). The number of benzene rings is 2. The number of fused-ring (bicyclic) bond motifs is 1. The van der Waals surface area contributed by atoms with Crippen LogP contribution in [0.15, 0.2) is 60.7 Å². The van der Waals surface area contributed by atoms with E-state index in [-0.39, 0.29) is 29.0 Å². The fourth-order valence-electron chi connectivity index (χ4n) is 6.10. The van der Waals surface area contributed by atoms with Crippen LogP contribution in [0, 0.1) is 5.41 Å². The topological polar surface area (TPSA) is 90.0 Å². The Morgan fingerprint density at radius 3 is 2.25 bits per heavy atom. The van der Waals surface area contributed by atoms with Gasteiger partial charge in [-0.3, -0.25) is 19.2 Å². The summed E-state index contributed by atoms with van der Waals surface area (Å²) in [6.45, 7) is 5.76. The van der Waals surface area contributed by atoms with E-state index in [9.17, 15) is 19.2 Å². The molecule has 0 unspecified atom stereocenters. The monoisotopic (exact) mass is 562 g/mol. The summed E-state index contributed by atoms with van der Waals surface area (Å²) in [5.74, 6) is 0.479. The number of thioether (sulfide) groups is 1. The first kappa shape index (κ1) is 28.2. The van der Waals surface area contributed by atoms with E-state index in [4.69, 9.17) is 0 Å². The van der Waals surface area contributed by atoms with Crippen molar-refractivity contribution in [2.75, 3.05) is 31.9 Å². The largest absolute Gasteiger partial charge is 0.339 e. The first-order valence-corrected chi connectivity index (χ1v) is 15.2. The Kier molecular flexibility index (Phi) is 8.49. The average molecular weight is 563 g/mol. The van der Waals surface area contributed by atoms with E-state index in [0.29, 0.717) is 44.6 Å². The summed E-state index contributed by atoms with van der Waals surface area (Å²) < 4.78 is 0. The number of hydrogen-bond donors (Lipinski definition) is 1. The van der Waals surface area contributed by atoms with Gasteiger partial charge in [-0.05, 0) is 35.1 Å². The number of nitrogens with one attached hydrogen (secondary N) is 1. The first-order valence-electron chi connectivity index (χ1n) is 14.1. The van der Waals surface area contributed by atoms with Crippen molar-refractivity contribution in [2.45, 2.75) is 57.0 Å². The highest BCUT2D eigenvalue weighted by Crippen LogP contribution is 2.46. The molecule has 8 nitrogen and oxygen atoms in total. The minimum absolute atomic E-state index is 0.0135. The van der Waals surface area contributed by atoms with Crippen molar-refractivity contribution in [1.82, 2.24) is 20.0 Å². The molecule has 212 valence electrons. The van der Waals surface area contributed by atoms with E-state index in [2.05, 4.69) is 5.32 Å². The van der Waals surface area contributed by atoms with Gasteiger partial charge in [-0.2, -0.15) is 0 Å². The molecule has 0 aromatic heterocycles. The highest BCUT2D eigenvalue weighted by molar-refractivity contribution is 7.99. The van der Waals surface area contributed by atoms with Crippen molar-refractivity contribution in [3.05, 3.63) is 71.8 Å². The quantitative estimate of drug-likeness (QED) is 0.584. The zero-order valence-corrected chi connectivity index (χ0v) is 24.1. The normalized spacial score (nSPS) is 23.2. The molecule has 1 N–H and O–H groups in total. The van der Waals surface area contributed by atoms with Crippen LogP contribution < -0.4 is 5.32 Å². The molecule has 3 heterocycles. The number of carbonyl (C=O) groups excluding carboxylic acids is 4. The van der Waals surface area contributed by atoms with Crippen LogP contribution in [0.4, 0.5) is 0 Å². The standard InChI is InChI=1S/C31H38N4O4S/c1-31(2)21-26-35(24(36)14-9-19-40-26)28(31)29(38)32-27(23-12-7-4-8-13-23)30(39)34-17-15-33(16-18-34)25(37)20-22-10-5-3-6-11-22/h3-8,10-13,26-28H,9,14-21H2,1-2H3,(H,32,38)/t26-,27-,28+/m0/s1. The maximum absolute atomic E-state index is 13.9. The lowest BCUT2D eigenvalue weighted by molar-refractivity contribution is -0.145. The van der Waals surface area contributed by atoms with Crippen molar-refractivity contribution in [3.63, 3.8) is 0 Å². The molecule has 0 bridgehead atoms. The minimum atomic E-state index is -0.871. The number of hydrogen-bond acceptors (Lipinski definition) is 5. The van der Waals surface area contributed by atoms with Gasteiger partial charge in [0.05, 0.1) is 11.8 Å². The molecule has 3 aliphatic heterocycles. The van der Waals surface area contributed by atoms with E-state index in [1.54, 1.807) is 26.5 Å². The van der Waals surface area contributed by atoms with Gasteiger partial charge in [0.25, 0.3) is 0 Å². The summed E-state index contributed by atoms with van der Waals surface area (Å²) in [5, 5.41) is 3.03. The zero-order valence-electron chi connectivity index (χ0n) is 23.3. The van der Waals surface area contributed by atoms with Crippen molar-refractivity contribution in [3.8, 4) is 0 Å². The van der Waals surface area contributed by atoms with E-state index in [0.717, 1.165) is 24.2 Å². The Morgan fingerprint density at radius 2 is 1.57 bits per heavy atom. The third-order valence-corrected chi connectivity index (χ3v) is 9.52. The van der Waals surface area contributed by atoms with Gasteiger partial charge in [0.1, 0.15) is 12.1 Å². The van der Waals surface area contributed by atoms with Crippen LogP contribution in [0.1, 0.15) is 50.3 Å². The molecule has 4 amide bonds. The molecule has 0 saturated carbocycles. The third-order valence-electron chi connectivity index (χ3n) is 8.22. The van der Waals surface area contributed by atoms with E-state index < -0.39 is 17.5 Å². The summed E-state index contributed by atoms with van der Waals surface area (Å²) in [7, 11) is 0. The molecule has 0 aliphatic carbocycles. The molecule has 3 aliphatic rings. The van der Waals surface area contributed by atoms with Gasteiger partial charge < -0.3 is 20.0 Å². The first-order chi connectivity index (χ1) is 19.2. The lowest BCUT2D eigenvalue weighted by Crippen LogP contribution is -2.56. The molecule has 9 heteroatoms. The van der Waals surface area contributed by atoms with Crippen molar-refractivity contribution in [1.29, 1.82) is 0 Å². The average Bonchev–Trinajstić information content (AvgIpc) is 3.13. The number of rotatable bonds is 6. The second-order valence-electron chi connectivity index (χ2n) is 11.5. The predicted octanol–water partition coefficient (Wildman–Crippen LogP) is 3.24. The Morgan fingerprint density at radius 1 is 0.950 bits per heavy atom. The van der Waals surface area contributed by atoms with Gasteiger partial charge in [-0.25, -0.2) is 0 Å². The zero-order chi connectivity index (χ0) is 28.3. The maximum atomic E-state index is 13.9. The number of amides is 4. The van der Waals surface area contributed by atoms with Crippen LogP contribution in [0.25, 0.3) is 0 Å². The molecule has 40 heavy (non-hydrogen) atoms. The van der Waals surface area contributed by atoms with Crippen LogP contribution >= 0.6 is 11.8 Å². The van der Waals surface area contributed by atoms with Crippen LogP contribution in [-0.2, 0) is 25.6 Å². The molecule has 3 saturated heterocycles. The molecular weight excluding hydrogens is 524 g/mol. The second-order valence-corrected chi connectivity index (χ2v) is 12.8. The van der Waals surface area contributed by atoms with E-state index in [1.165, 1.54) is 0 Å². The Bertz CT molecular complexity index is 1230. The highest BCUT2D eigenvalue weighted by atomic mass is 32.2. The summed E-state index contributed by atoms with van der Waals surface area (Å²) in [6.07, 6.45) is 2.33. The number of carbonyl (C=O) groups is 4. The van der Waals surface area contributed by atoms with Gasteiger partial charge in [0.15, 0.2) is 0 Å². The predicted molar refractivity (Wildman–Crippen MR) is 155 cm³/mol. The van der Waals surface area contributed by atoms with Crippen LogP contribution in [-0.4, -0.2) is 81.7 Å². The molecule has 0 spiro atoms. The van der Waals surface area contributed by atoms with Gasteiger partial charge in [-0.1, -0.05) is 74.5 Å². The fourth-order valence-corrected chi connectivity index (χ4v) is 7.63. The van der Waals surface area contributed by atoms with Crippen molar-refractivity contribution in [2.24, 2.45) is 5.41 Å². The SMILES string of the molecule is CC1(C)C[C@@H]2SCCCC(=O)N2[C@@H]1C(=O)N[C@H](C(=O)N1CCN(C(=O)Cc2ccccc2)CC1)c1ccccc1. The van der Waals surface area contributed by atoms with Gasteiger partial charge in [0.2, 0.25) is 23.6 Å². The summed E-state index contributed by atoms with van der Waals surface area (Å²) in [4.78, 5) is 59.0. The van der Waals surface area contributed by atoms with Crippen LogP contribution in [0.3, 0.4) is 0 Å². The summed E-state index contributed by atoms with van der Waals surface area (Å²) in [5.41, 5.74) is 1.26. The van der Waals surface area contributed by atoms with Crippen LogP contribution in [0.5, 0.6) is 0 Å². The summed E-state index contributed by atoms with van der Waals surface area (Å²) >= 11 is 1.75. The van der Waals surface area contributed by atoms with Gasteiger partial charge in [-0.15, -0.1) is 11.8 Å². The molecule has 0 radical (unpaired) electrons. The third kappa shape index (κ3) is 6.04. The lowest BCUT2D eigenvalue weighted by atomic mass is 9.84. The molecule has 3 atom stereocenters. The Hall–Kier alpha value is -3.33. The number of nitrogens with zero attached hydrogens (tertiary/aromatic N) is 3. The van der Waals surface area contributed by atoms with Gasteiger partial charge in [0, 0.05) is 32.6 Å². The molecule has 2 aromatic rings.